The van der Waals surface area contributed by atoms with Crippen LogP contribution in [0.3, 0.4) is 0 Å². The van der Waals surface area contributed by atoms with Crippen molar-refractivity contribution in [2.75, 3.05) is 5.32 Å². The first-order chi connectivity index (χ1) is 17.4. The largest absolute Gasteiger partial charge is 0.514 e. The molecule has 0 spiro atoms. The molecule has 0 aliphatic heterocycles. The van der Waals surface area contributed by atoms with E-state index >= 15 is 0 Å². The summed E-state index contributed by atoms with van der Waals surface area (Å²) >= 11 is 1.46. The van der Waals surface area contributed by atoms with Crippen LogP contribution in [0.15, 0.2) is 79.0 Å². The van der Waals surface area contributed by atoms with Crippen molar-refractivity contribution in [1.29, 1.82) is 0 Å². The van der Waals surface area contributed by atoms with Gasteiger partial charge in [-0.25, -0.2) is 9.78 Å². The van der Waals surface area contributed by atoms with Crippen LogP contribution < -0.4 is 10.1 Å². The first kappa shape index (κ1) is 25.1. The average molecular weight is 501 g/mol. The molecule has 1 heterocycles. The molecule has 0 radical (unpaired) electrons. The van der Waals surface area contributed by atoms with Crippen LogP contribution in [-0.2, 0) is 29.0 Å². The number of carbonyl (C=O) groups excluding carboxylic acids is 2. The first-order valence-electron chi connectivity index (χ1n) is 11.7. The second kappa shape index (κ2) is 12.1. The Hall–Kier alpha value is -3.97. The van der Waals surface area contributed by atoms with Gasteiger partial charge in [0.2, 0.25) is 5.91 Å². The molecule has 0 bridgehead atoms. The molecule has 4 aromatic rings. The van der Waals surface area contributed by atoms with E-state index in [0.717, 1.165) is 27.1 Å². The summed E-state index contributed by atoms with van der Waals surface area (Å²) in [6.07, 6.45) is 2.81. The van der Waals surface area contributed by atoms with Gasteiger partial charge in [0.15, 0.2) is 5.13 Å². The number of nitrogens with zero attached hydrogens (tertiary/aromatic N) is 1. The number of rotatable bonds is 9. The number of carbonyl (C=O) groups is 2. The molecule has 7 heteroatoms. The van der Waals surface area contributed by atoms with Gasteiger partial charge in [0.1, 0.15) is 12.4 Å². The van der Waals surface area contributed by atoms with Crippen molar-refractivity contribution in [1.82, 2.24) is 4.98 Å². The molecule has 1 amide bonds. The maximum atomic E-state index is 12.3. The second-order valence-corrected chi connectivity index (χ2v) is 9.69. The molecule has 6 nitrogen and oxygen atoms in total. The monoisotopic (exact) mass is 500 g/mol. The maximum Gasteiger partial charge on any atom is 0.514 e. The fraction of sp³-hybridized carbons (Fsp3) is 0.207. The molecule has 184 valence electrons. The van der Waals surface area contributed by atoms with Crippen molar-refractivity contribution in [3.05, 3.63) is 112 Å². The summed E-state index contributed by atoms with van der Waals surface area (Å²) in [5, 5.41) is 3.49. The summed E-state index contributed by atoms with van der Waals surface area (Å²) in [5.41, 5.74) is 5.12. The SMILES string of the molecule is Cc1cccc(CCC(=O)Nc2ncc(Cc3ccc(OC(=O)OCc4ccccc4)c(C)c3)s2)c1. The summed E-state index contributed by atoms with van der Waals surface area (Å²) < 4.78 is 10.6. The van der Waals surface area contributed by atoms with Gasteiger partial charge in [0.25, 0.3) is 0 Å². The van der Waals surface area contributed by atoms with E-state index < -0.39 is 6.16 Å². The molecular weight excluding hydrogens is 472 g/mol. The van der Waals surface area contributed by atoms with Gasteiger partial charge < -0.3 is 14.8 Å². The minimum absolute atomic E-state index is 0.0473. The van der Waals surface area contributed by atoms with E-state index in [9.17, 15) is 9.59 Å². The van der Waals surface area contributed by atoms with Gasteiger partial charge in [-0.3, -0.25) is 4.79 Å². The Morgan fingerprint density at radius 1 is 0.917 bits per heavy atom. The van der Waals surface area contributed by atoms with Gasteiger partial charge in [0.05, 0.1) is 0 Å². The number of anilines is 1. The van der Waals surface area contributed by atoms with E-state index in [-0.39, 0.29) is 12.5 Å². The van der Waals surface area contributed by atoms with Crippen molar-refractivity contribution in [2.24, 2.45) is 0 Å². The normalized spacial score (nSPS) is 10.6. The number of thiazole rings is 1. The highest BCUT2D eigenvalue weighted by Gasteiger charge is 2.12. The Balaban J connectivity index is 1.26. The van der Waals surface area contributed by atoms with Crippen LogP contribution in [0, 0.1) is 13.8 Å². The van der Waals surface area contributed by atoms with E-state index in [4.69, 9.17) is 9.47 Å². The Morgan fingerprint density at radius 2 is 1.72 bits per heavy atom. The molecule has 36 heavy (non-hydrogen) atoms. The van der Waals surface area contributed by atoms with Gasteiger partial charge in [0, 0.05) is 23.9 Å². The number of hydrogen-bond acceptors (Lipinski definition) is 6. The molecule has 3 aromatic carbocycles. The summed E-state index contributed by atoms with van der Waals surface area (Å²) in [7, 11) is 0. The number of aromatic nitrogens is 1. The van der Waals surface area contributed by atoms with Crippen LogP contribution in [0.5, 0.6) is 5.75 Å². The predicted molar refractivity (Wildman–Crippen MR) is 141 cm³/mol. The Morgan fingerprint density at radius 3 is 2.50 bits per heavy atom. The number of ether oxygens (including phenoxy) is 2. The van der Waals surface area contributed by atoms with E-state index in [2.05, 4.69) is 16.4 Å². The van der Waals surface area contributed by atoms with Crippen molar-refractivity contribution in [3.63, 3.8) is 0 Å². The lowest BCUT2D eigenvalue weighted by molar-refractivity contribution is -0.116. The molecule has 1 N–H and O–H groups in total. The Kier molecular flexibility index (Phi) is 8.47. The third-order valence-electron chi connectivity index (χ3n) is 5.53. The highest BCUT2D eigenvalue weighted by Crippen LogP contribution is 2.25. The van der Waals surface area contributed by atoms with Crippen molar-refractivity contribution < 1.29 is 19.1 Å². The number of nitrogens with one attached hydrogen (secondary N) is 1. The molecule has 0 saturated heterocycles. The molecule has 0 aliphatic carbocycles. The van der Waals surface area contributed by atoms with Gasteiger partial charge in [-0.1, -0.05) is 72.3 Å². The highest BCUT2D eigenvalue weighted by molar-refractivity contribution is 7.15. The molecule has 4 rings (SSSR count). The minimum Gasteiger partial charge on any atom is -0.429 e. The number of amides is 1. The molecule has 0 fully saturated rings. The van der Waals surface area contributed by atoms with Gasteiger partial charge in [-0.05, 0) is 48.6 Å². The van der Waals surface area contributed by atoms with Gasteiger partial charge in [-0.15, -0.1) is 11.3 Å². The van der Waals surface area contributed by atoms with Gasteiger partial charge in [-0.2, -0.15) is 0 Å². The number of aryl methyl sites for hydroxylation is 3. The minimum atomic E-state index is -0.736. The topological polar surface area (TPSA) is 77.5 Å². The summed E-state index contributed by atoms with van der Waals surface area (Å²) in [6.45, 7) is 4.09. The molecule has 0 saturated carbocycles. The molecule has 0 unspecified atom stereocenters. The van der Waals surface area contributed by atoms with Crippen LogP contribution in [0.2, 0.25) is 0 Å². The smallest absolute Gasteiger partial charge is 0.429 e. The summed E-state index contributed by atoms with van der Waals surface area (Å²) in [6, 6.07) is 23.3. The molecule has 0 aliphatic rings. The van der Waals surface area contributed by atoms with Crippen LogP contribution in [0.25, 0.3) is 0 Å². The lowest BCUT2D eigenvalue weighted by Crippen LogP contribution is -2.12. The van der Waals surface area contributed by atoms with Crippen molar-refractivity contribution >= 4 is 28.5 Å². The zero-order chi connectivity index (χ0) is 25.3. The van der Waals surface area contributed by atoms with Crippen molar-refractivity contribution in [3.8, 4) is 5.75 Å². The fourth-order valence-electron chi connectivity index (χ4n) is 3.73. The van der Waals surface area contributed by atoms with E-state index in [1.54, 1.807) is 12.3 Å². The molecule has 0 atom stereocenters. The van der Waals surface area contributed by atoms with E-state index in [1.165, 1.54) is 16.9 Å². The van der Waals surface area contributed by atoms with E-state index in [0.29, 0.717) is 30.1 Å². The maximum absolute atomic E-state index is 12.3. The fourth-order valence-corrected chi connectivity index (χ4v) is 4.59. The van der Waals surface area contributed by atoms with Crippen LogP contribution in [0.4, 0.5) is 9.93 Å². The van der Waals surface area contributed by atoms with Crippen LogP contribution in [-0.4, -0.2) is 17.0 Å². The molecule has 1 aromatic heterocycles. The second-order valence-electron chi connectivity index (χ2n) is 8.57. The van der Waals surface area contributed by atoms with Gasteiger partial charge >= 0.3 is 6.16 Å². The average Bonchev–Trinajstić information content (AvgIpc) is 3.30. The lowest BCUT2D eigenvalue weighted by atomic mass is 10.1. The third kappa shape index (κ3) is 7.52. The highest BCUT2D eigenvalue weighted by atomic mass is 32.1. The van der Waals surface area contributed by atoms with E-state index in [1.807, 2.05) is 74.5 Å². The standard InChI is InChI=1S/C29H28N2O4S/c1-20-7-6-10-22(15-20)12-14-27(32)31-28-30-18-25(36-28)17-24-11-13-26(21(2)16-24)35-29(33)34-19-23-8-4-3-5-9-23/h3-11,13,15-16,18H,12,14,17,19H2,1-2H3,(H,30,31,32). The van der Waals surface area contributed by atoms with Crippen LogP contribution in [0.1, 0.15) is 39.1 Å². The molecular formula is C29H28N2O4S. The van der Waals surface area contributed by atoms with Crippen LogP contribution >= 0.6 is 11.3 Å². The first-order valence-corrected chi connectivity index (χ1v) is 12.5. The Labute approximate surface area is 214 Å². The quantitative estimate of drug-likeness (QED) is 0.206. The lowest BCUT2D eigenvalue weighted by Gasteiger charge is -2.09. The Bertz CT molecular complexity index is 1330. The third-order valence-corrected chi connectivity index (χ3v) is 6.45. The number of benzene rings is 3. The number of hydrogen-bond donors (Lipinski definition) is 1. The summed E-state index contributed by atoms with van der Waals surface area (Å²) in [4.78, 5) is 29.8. The van der Waals surface area contributed by atoms with Crippen molar-refractivity contribution in [2.45, 2.75) is 39.7 Å². The zero-order valence-corrected chi connectivity index (χ0v) is 21.1. The zero-order valence-electron chi connectivity index (χ0n) is 20.3. The predicted octanol–water partition coefficient (Wildman–Crippen LogP) is 6.64. The summed E-state index contributed by atoms with van der Waals surface area (Å²) in [5.74, 6) is 0.414.